The fourth-order valence-electron chi connectivity index (χ4n) is 2.99. The molecule has 0 aliphatic carbocycles. The van der Waals surface area contributed by atoms with Gasteiger partial charge in [-0.1, -0.05) is 18.2 Å². The summed E-state index contributed by atoms with van der Waals surface area (Å²) in [6, 6.07) is 7.47. The topological polar surface area (TPSA) is 92.5 Å². The molecule has 0 radical (unpaired) electrons. The Bertz CT molecular complexity index is 952. The number of hydrogen-bond donors (Lipinski definition) is 1. The number of nitrogens with one attached hydrogen (secondary N) is 1. The summed E-state index contributed by atoms with van der Waals surface area (Å²) in [5.74, 6) is -1.74. The predicted octanol–water partition coefficient (Wildman–Crippen LogP) is 2.21. The summed E-state index contributed by atoms with van der Waals surface area (Å²) in [4.78, 5) is 9.28. The summed E-state index contributed by atoms with van der Waals surface area (Å²) in [6.45, 7) is 0.424. The SMILES string of the molecule is O=[N+]([O-])c1cccc(F)c1S(=O)(=O)N1CCNCC1c1cccc(F)c1. The summed E-state index contributed by atoms with van der Waals surface area (Å²) >= 11 is 0. The van der Waals surface area contributed by atoms with Crippen molar-refractivity contribution < 1.29 is 22.1 Å². The average Bonchev–Trinajstić information content (AvgIpc) is 2.61. The quantitative estimate of drug-likeness (QED) is 0.646. The van der Waals surface area contributed by atoms with Crippen LogP contribution < -0.4 is 5.32 Å². The molecule has 1 heterocycles. The summed E-state index contributed by atoms with van der Waals surface area (Å²) in [5, 5.41) is 14.2. The van der Waals surface area contributed by atoms with E-state index in [-0.39, 0.29) is 19.6 Å². The third-order valence-corrected chi connectivity index (χ3v) is 6.11. The maximum Gasteiger partial charge on any atom is 0.292 e. The van der Waals surface area contributed by atoms with Gasteiger partial charge in [0.05, 0.1) is 11.0 Å². The molecular formula is C16H15F2N3O4S. The van der Waals surface area contributed by atoms with Crippen LogP contribution >= 0.6 is 0 Å². The van der Waals surface area contributed by atoms with Gasteiger partial charge in [-0.2, -0.15) is 4.31 Å². The number of nitrogens with zero attached hydrogens (tertiary/aromatic N) is 2. The molecule has 2 aromatic carbocycles. The number of rotatable bonds is 4. The lowest BCUT2D eigenvalue weighted by Crippen LogP contribution is -2.48. The van der Waals surface area contributed by atoms with E-state index in [2.05, 4.69) is 5.32 Å². The minimum absolute atomic E-state index is 0.0327. The van der Waals surface area contributed by atoms with Gasteiger partial charge in [-0.25, -0.2) is 17.2 Å². The molecule has 10 heteroatoms. The number of nitro benzene ring substituents is 1. The highest BCUT2D eigenvalue weighted by atomic mass is 32.2. The number of halogens is 2. The highest BCUT2D eigenvalue weighted by molar-refractivity contribution is 7.89. The summed E-state index contributed by atoms with van der Waals surface area (Å²) in [7, 11) is -4.52. The van der Waals surface area contributed by atoms with Crippen LogP contribution in [0.25, 0.3) is 0 Å². The van der Waals surface area contributed by atoms with Crippen LogP contribution in [-0.2, 0) is 10.0 Å². The predicted molar refractivity (Wildman–Crippen MR) is 89.0 cm³/mol. The molecule has 0 spiro atoms. The largest absolute Gasteiger partial charge is 0.313 e. The smallest absolute Gasteiger partial charge is 0.292 e. The summed E-state index contributed by atoms with van der Waals surface area (Å²) < 4.78 is 54.9. The van der Waals surface area contributed by atoms with E-state index in [4.69, 9.17) is 0 Å². The molecule has 1 aliphatic rings. The normalized spacial score (nSPS) is 18.6. The van der Waals surface area contributed by atoms with E-state index in [1.807, 2.05) is 0 Å². The number of hydrogen-bond acceptors (Lipinski definition) is 5. The lowest BCUT2D eigenvalue weighted by atomic mass is 10.1. The summed E-state index contributed by atoms with van der Waals surface area (Å²) in [6.07, 6.45) is 0. The Balaban J connectivity index is 2.12. The second kappa shape index (κ2) is 7.06. The molecule has 0 aromatic heterocycles. The zero-order valence-electron chi connectivity index (χ0n) is 13.4. The fourth-order valence-corrected chi connectivity index (χ4v) is 4.80. The van der Waals surface area contributed by atoms with Crippen LogP contribution in [-0.4, -0.2) is 37.3 Å². The van der Waals surface area contributed by atoms with Crippen LogP contribution in [0.1, 0.15) is 11.6 Å². The summed E-state index contributed by atoms with van der Waals surface area (Å²) in [5.41, 5.74) is -0.457. The van der Waals surface area contributed by atoms with Gasteiger partial charge in [0.2, 0.25) is 0 Å². The molecular weight excluding hydrogens is 368 g/mol. The van der Waals surface area contributed by atoms with Crippen molar-refractivity contribution in [2.45, 2.75) is 10.9 Å². The van der Waals surface area contributed by atoms with E-state index >= 15 is 0 Å². The fraction of sp³-hybridized carbons (Fsp3) is 0.250. The maximum atomic E-state index is 14.3. The van der Waals surface area contributed by atoms with E-state index in [1.165, 1.54) is 18.2 Å². The molecule has 3 rings (SSSR count). The molecule has 1 atom stereocenters. The Hall–Kier alpha value is -2.43. The first-order chi connectivity index (χ1) is 12.3. The minimum atomic E-state index is -4.52. The van der Waals surface area contributed by atoms with Gasteiger partial charge in [-0.3, -0.25) is 10.1 Å². The number of nitro groups is 1. The van der Waals surface area contributed by atoms with Gasteiger partial charge in [0, 0.05) is 25.7 Å². The first-order valence-corrected chi connectivity index (χ1v) is 9.17. The number of sulfonamides is 1. The molecule has 0 bridgehead atoms. The van der Waals surface area contributed by atoms with E-state index in [0.29, 0.717) is 5.56 Å². The van der Waals surface area contributed by atoms with Crippen LogP contribution in [0.3, 0.4) is 0 Å². The molecule has 1 unspecified atom stereocenters. The molecule has 1 aliphatic heterocycles. The van der Waals surface area contributed by atoms with Gasteiger partial charge in [-0.15, -0.1) is 0 Å². The zero-order valence-corrected chi connectivity index (χ0v) is 14.2. The van der Waals surface area contributed by atoms with Crippen LogP contribution in [0.5, 0.6) is 0 Å². The first-order valence-electron chi connectivity index (χ1n) is 7.73. The van der Waals surface area contributed by atoms with Gasteiger partial charge in [0.25, 0.3) is 15.7 Å². The highest BCUT2D eigenvalue weighted by Gasteiger charge is 2.40. The third-order valence-electron chi connectivity index (χ3n) is 4.14. The number of benzene rings is 2. The Morgan fingerprint density at radius 2 is 1.92 bits per heavy atom. The zero-order chi connectivity index (χ0) is 18.9. The monoisotopic (exact) mass is 383 g/mol. The molecule has 0 saturated carbocycles. The van der Waals surface area contributed by atoms with E-state index < -0.39 is 43.2 Å². The molecule has 1 fully saturated rings. The Labute approximate surface area is 148 Å². The molecule has 2 aromatic rings. The molecule has 138 valence electrons. The standard InChI is InChI=1S/C16H15F2N3O4S/c17-12-4-1-3-11(9-12)15-10-19-7-8-20(15)26(24,25)16-13(18)5-2-6-14(16)21(22)23/h1-6,9,15,19H,7-8,10H2. The average molecular weight is 383 g/mol. The van der Waals surface area contributed by atoms with Crippen molar-refractivity contribution in [3.05, 3.63) is 69.8 Å². The molecule has 1 N–H and O–H groups in total. The second-order valence-electron chi connectivity index (χ2n) is 5.74. The molecule has 1 saturated heterocycles. The Morgan fingerprint density at radius 3 is 2.62 bits per heavy atom. The van der Waals surface area contributed by atoms with Crippen molar-refractivity contribution in [2.24, 2.45) is 0 Å². The van der Waals surface area contributed by atoms with Crippen molar-refractivity contribution in [3.63, 3.8) is 0 Å². The Morgan fingerprint density at radius 1 is 1.19 bits per heavy atom. The van der Waals surface area contributed by atoms with E-state index in [0.717, 1.165) is 22.5 Å². The third kappa shape index (κ3) is 3.30. The van der Waals surface area contributed by atoms with Crippen LogP contribution in [0.4, 0.5) is 14.5 Å². The van der Waals surface area contributed by atoms with Crippen molar-refractivity contribution in [1.29, 1.82) is 0 Å². The van der Waals surface area contributed by atoms with Crippen molar-refractivity contribution in [2.75, 3.05) is 19.6 Å². The highest BCUT2D eigenvalue weighted by Crippen LogP contribution is 2.34. The second-order valence-corrected chi connectivity index (χ2v) is 7.56. The van der Waals surface area contributed by atoms with Crippen molar-refractivity contribution in [3.8, 4) is 0 Å². The first kappa shape index (κ1) is 18.4. The lowest BCUT2D eigenvalue weighted by Gasteiger charge is -2.35. The Kier molecular flexibility index (Phi) is 4.99. The van der Waals surface area contributed by atoms with Crippen molar-refractivity contribution >= 4 is 15.7 Å². The van der Waals surface area contributed by atoms with E-state index in [1.54, 1.807) is 6.07 Å². The molecule has 0 amide bonds. The van der Waals surface area contributed by atoms with E-state index in [9.17, 15) is 27.3 Å². The lowest BCUT2D eigenvalue weighted by molar-refractivity contribution is -0.388. The van der Waals surface area contributed by atoms with Crippen LogP contribution in [0, 0.1) is 21.7 Å². The van der Waals surface area contributed by atoms with Crippen LogP contribution in [0.2, 0.25) is 0 Å². The van der Waals surface area contributed by atoms with Gasteiger partial charge in [0.1, 0.15) is 11.6 Å². The van der Waals surface area contributed by atoms with Crippen molar-refractivity contribution in [1.82, 2.24) is 9.62 Å². The molecule has 7 nitrogen and oxygen atoms in total. The van der Waals surface area contributed by atoms with Gasteiger partial charge < -0.3 is 5.32 Å². The number of piperazine rings is 1. The minimum Gasteiger partial charge on any atom is -0.313 e. The maximum absolute atomic E-state index is 14.3. The van der Waals surface area contributed by atoms with Gasteiger partial charge in [0.15, 0.2) is 4.90 Å². The van der Waals surface area contributed by atoms with Gasteiger partial charge >= 0.3 is 0 Å². The van der Waals surface area contributed by atoms with Crippen LogP contribution in [0.15, 0.2) is 47.4 Å². The molecule has 26 heavy (non-hydrogen) atoms. The van der Waals surface area contributed by atoms with Gasteiger partial charge in [-0.05, 0) is 23.8 Å².